The summed E-state index contributed by atoms with van der Waals surface area (Å²) in [5, 5.41) is 25.4. The molecule has 3 aromatic rings. The maximum Gasteiger partial charge on any atom is 0.305 e. The second-order valence-corrected chi connectivity index (χ2v) is 16.0. The Labute approximate surface area is 365 Å². The van der Waals surface area contributed by atoms with Gasteiger partial charge in [0.05, 0.1) is 65.5 Å². The summed E-state index contributed by atoms with van der Waals surface area (Å²) in [4.78, 5) is 76.9. The van der Waals surface area contributed by atoms with Gasteiger partial charge in [-0.2, -0.15) is 0 Å². The van der Waals surface area contributed by atoms with Crippen molar-refractivity contribution in [3.63, 3.8) is 0 Å². The van der Waals surface area contributed by atoms with E-state index in [1.165, 1.54) is 12.1 Å². The minimum atomic E-state index is -1.23. The minimum Gasteiger partial charge on any atom is -0.481 e. The predicted octanol–water partition coefficient (Wildman–Crippen LogP) is 4.81. The standard InChI is InChI=1S/C44H57N3O12S2/c1-31-4-12-36(13-5-31)60-29-35(30-61-37-14-6-32(2)7-15-37)42(53)33-8-10-34(11-9-33)43(54)47-38(28-39(48)45-19-23-59-27-26-58-22-17-41(51)52)44(55)46-18-3-20-56-24-25-57-21-16-40(49)50/h4-15,35,38H,3,16-30H2,1-2H3,(H,45,48)(H,46,55)(H,47,54)(H,49,50)(H,51,52). The summed E-state index contributed by atoms with van der Waals surface area (Å²) in [6.07, 6.45) is -0.154. The third-order valence-electron chi connectivity index (χ3n) is 8.76. The third-order valence-corrected chi connectivity index (χ3v) is 11.1. The first kappa shape index (κ1) is 50.6. The van der Waals surface area contributed by atoms with E-state index in [4.69, 9.17) is 29.2 Å². The molecular weight excluding hydrogens is 827 g/mol. The van der Waals surface area contributed by atoms with Crippen molar-refractivity contribution >= 4 is 59.0 Å². The number of Topliss-reactive ketones (excluding diaryl/α,β-unsaturated/α-hetero) is 1. The number of hydrogen-bond acceptors (Lipinski definition) is 12. The molecular formula is C44H57N3O12S2. The van der Waals surface area contributed by atoms with Gasteiger partial charge in [0, 0.05) is 58.0 Å². The summed E-state index contributed by atoms with van der Waals surface area (Å²) < 4.78 is 21.2. The number of aryl methyl sites for hydroxylation is 2. The molecule has 0 heterocycles. The van der Waals surface area contributed by atoms with Gasteiger partial charge >= 0.3 is 11.9 Å². The monoisotopic (exact) mass is 883 g/mol. The third kappa shape index (κ3) is 22.1. The van der Waals surface area contributed by atoms with Crippen LogP contribution in [-0.2, 0) is 38.1 Å². The van der Waals surface area contributed by atoms with E-state index in [2.05, 4.69) is 16.0 Å². The van der Waals surface area contributed by atoms with Crippen molar-refractivity contribution in [2.75, 3.05) is 77.5 Å². The van der Waals surface area contributed by atoms with Gasteiger partial charge < -0.3 is 45.1 Å². The fraction of sp³-hybridized carbons (Fsp3) is 0.455. The number of carbonyl (C=O) groups excluding carboxylic acids is 4. The normalized spacial score (nSPS) is 11.5. The van der Waals surface area contributed by atoms with Crippen LogP contribution in [0.15, 0.2) is 82.6 Å². The largest absolute Gasteiger partial charge is 0.481 e. The van der Waals surface area contributed by atoms with Crippen LogP contribution in [0.4, 0.5) is 0 Å². The van der Waals surface area contributed by atoms with Crippen LogP contribution in [0.5, 0.6) is 0 Å². The van der Waals surface area contributed by atoms with Crippen LogP contribution in [0.1, 0.15) is 57.5 Å². The molecule has 332 valence electrons. The van der Waals surface area contributed by atoms with Gasteiger partial charge in [-0.3, -0.25) is 28.8 Å². The fourth-order valence-electron chi connectivity index (χ4n) is 5.33. The zero-order chi connectivity index (χ0) is 44.2. The predicted molar refractivity (Wildman–Crippen MR) is 232 cm³/mol. The van der Waals surface area contributed by atoms with E-state index < -0.39 is 35.7 Å². The number of ether oxygens (including phenoxy) is 4. The number of thioether (sulfide) groups is 2. The quantitative estimate of drug-likeness (QED) is 0.0323. The first-order chi connectivity index (χ1) is 29.4. The number of nitrogens with one attached hydrogen (secondary N) is 3. The van der Waals surface area contributed by atoms with Crippen LogP contribution >= 0.6 is 23.5 Å². The van der Waals surface area contributed by atoms with Crippen molar-refractivity contribution in [3.05, 3.63) is 95.1 Å². The van der Waals surface area contributed by atoms with Gasteiger partial charge in [0.25, 0.3) is 5.91 Å². The highest BCUT2D eigenvalue weighted by atomic mass is 32.2. The van der Waals surface area contributed by atoms with Gasteiger partial charge in [0.2, 0.25) is 11.8 Å². The maximum absolute atomic E-state index is 13.9. The number of carboxylic acids is 2. The van der Waals surface area contributed by atoms with Crippen molar-refractivity contribution < 1.29 is 57.9 Å². The molecule has 1 atom stereocenters. The van der Waals surface area contributed by atoms with Crippen molar-refractivity contribution in [2.45, 2.75) is 55.4 Å². The molecule has 0 aliphatic rings. The van der Waals surface area contributed by atoms with Gasteiger partial charge in [0.15, 0.2) is 5.78 Å². The van der Waals surface area contributed by atoms with E-state index in [1.54, 1.807) is 35.7 Å². The van der Waals surface area contributed by atoms with Crippen LogP contribution < -0.4 is 16.0 Å². The SMILES string of the molecule is Cc1ccc(SCC(CSc2ccc(C)cc2)C(=O)c2ccc(C(=O)NC(CC(=O)NCCOCCOCCC(=O)O)C(=O)NCCCOCCOCCC(=O)O)cc2)cc1. The molecule has 0 spiro atoms. The van der Waals surface area contributed by atoms with E-state index in [0.717, 1.165) is 20.9 Å². The molecule has 17 heteroatoms. The summed E-state index contributed by atoms with van der Waals surface area (Å²) in [6, 6.07) is 21.4. The Kier molecular flexibility index (Phi) is 24.4. The first-order valence-electron chi connectivity index (χ1n) is 20.0. The van der Waals surface area contributed by atoms with Crippen LogP contribution in [0.3, 0.4) is 0 Å². The molecule has 15 nitrogen and oxygen atoms in total. The van der Waals surface area contributed by atoms with E-state index in [9.17, 15) is 28.8 Å². The number of carboxylic acid groups (broad SMARTS) is 2. The molecule has 0 saturated carbocycles. The summed E-state index contributed by atoms with van der Waals surface area (Å²) >= 11 is 3.24. The average molecular weight is 884 g/mol. The van der Waals surface area contributed by atoms with Crippen molar-refractivity contribution in [1.29, 1.82) is 0 Å². The lowest BCUT2D eigenvalue weighted by Crippen LogP contribution is -2.49. The summed E-state index contributed by atoms with van der Waals surface area (Å²) in [6.45, 7) is 5.80. The lowest BCUT2D eigenvalue weighted by Gasteiger charge is -2.19. The molecule has 3 amide bonds. The van der Waals surface area contributed by atoms with Crippen molar-refractivity contribution in [3.8, 4) is 0 Å². The number of benzene rings is 3. The van der Waals surface area contributed by atoms with Crippen molar-refractivity contribution in [2.24, 2.45) is 5.92 Å². The highest BCUT2D eigenvalue weighted by Crippen LogP contribution is 2.28. The molecule has 1 unspecified atom stereocenters. The number of rotatable bonds is 32. The van der Waals surface area contributed by atoms with Crippen molar-refractivity contribution in [1.82, 2.24) is 16.0 Å². The Morgan fingerprint density at radius 1 is 0.574 bits per heavy atom. The van der Waals surface area contributed by atoms with Gasteiger partial charge in [0.1, 0.15) is 6.04 Å². The van der Waals surface area contributed by atoms with E-state index in [1.807, 2.05) is 62.4 Å². The first-order valence-corrected chi connectivity index (χ1v) is 22.0. The molecule has 3 rings (SSSR count). The van der Waals surface area contributed by atoms with E-state index in [-0.39, 0.29) is 102 Å². The molecule has 0 radical (unpaired) electrons. The Hall–Kier alpha value is -4.78. The molecule has 0 aliphatic heterocycles. The van der Waals surface area contributed by atoms with E-state index in [0.29, 0.717) is 23.5 Å². The smallest absolute Gasteiger partial charge is 0.305 e. The number of amides is 3. The van der Waals surface area contributed by atoms with Gasteiger partial charge in [-0.25, -0.2) is 0 Å². The second-order valence-electron chi connectivity index (χ2n) is 13.8. The van der Waals surface area contributed by atoms with Gasteiger partial charge in [-0.05, 0) is 56.7 Å². The Morgan fingerprint density at radius 2 is 1.05 bits per heavy atom. The summed E-state index contributed by atoms with van der Waals surface area (Å²) in [7, 11) is 0. The van der Waals surface area contributed by atoms with Gasteiger partial charge in [-0.1, -0.05) is 47.5 Å². The van der Waals surface area contributed by atoms with Crippen LogP contribution in [-0.4, -0.2) is 129 Å². The summed E-state index contributed by atoms with van der Waals surface area (Å²) in [5.74, 6) is -2.86. The zero-order valence-corrected chi connectivity index (χ0v) is 36.3. The topological polar surface area (TPSA) is 216 Å². The fourth-order valence-corrected chi connectivity index (χ4v) is 7.46. The van der Waals surface area contributed by atoms with Crippen LogP contribution in [0.2, 0.25) is 0 Å². The van der Waals surface area contributed by atoms with Crippen LogP contribution in [0, 0.1) is 19.8 Å². The zero-order valence-electron chi connectivity index (χ0n) is 34.7. The van der Waals surface area contributed by atoms with Crippen LogP contribution in [0.25, 0.3) is 0 Å². The lowest BCUT2D eigenvalue weighted by atomic mass is 9.99. The molecule has 0 fully saturated rings. The number of carbonyl (C=O) groups is 6. The number of aliphatic carboxylic acids is 2. The second kappa shape index (κ2) is 29.5. The summed E-state index contributed by atoms with van der Waals surface area (Å²) in [5.41, 5.74) is 2.96. The Balaban J connectivity index is 1.59. The Bertz CT molecular complexity index is 1760. The Morgan fingerprint density at radius 3 is 1.56 bits per heavy atom. The minimum absolute atomic E-state index is 0.0514. The average Bonchev–Trinajstić information content (AvgIpc) is 3.24. The van der Waals surface area contributed by atoms with Gasteiger partial charge in [-0.15, -0.1) is 23.5 Å². The molecule has 0 bridgehead atoms. The number of ketones is 1. The molecule has 3 aromatic carbocycles. The molecule has 0 aromatic heterocycles. The highest BCUT2D eigenvalue weighted by Gasteiger charge is 2.25. The molecule has 5 N–H and O–H groups in total. The molecule has 0 saturated heterocycles. The van der Waals surface area contributed by atoms with E-state index >= 15 is 0 Å². The highest BCUT2D eigenvalue weighted by molar-refractivity contribution is 8.00. The maximum atomic E-state index is 13.9. The lowest BCUT2D eigenvalue weighted by molar-refractivity contribution is -0.139. The number of hydrogen-bond donors (Lipinski definition) is 5. The molecule has 0 aliphatic carbocycles. The molecule has 61 heavy (non-hydrogen) atoms.